The Kier molecular flexibility index (Phi) is 4.44. The highest BCUT2D eigenvalue weighted by molar-refractivity contribution is 5.68. The Morgan fingerprint density at radius 3 is 2.44 bits per heavy atom. The molecule has 0 saturated heterocycles. The lowest BCUT2D eigenvalue weighted by atomic mass is 10.1. The smallest absolute Gasteiger partial charge is 0.270 e. The summed E-state index contributed by atoms with van der Waals surface area (Å²) in [6, 6.07) is 14.3. The second-order valence-corrected chi connectivity index (χ2v) is 5.11. The van der Waals surface area contributed by atoms with Crippen LogP contribution in [0.15, 0.2) is 53.3 Å². The summed E-state index contributed by atoms with van der Waals surface area (Å²) in [5.74, 6) is 0.434. The van der Waals surface area contributed by atoms with Crippen molar-refractivity contribution in [1.29, 1.82) is 5.26 Å². The fourth-order valence-corrected chi connectivity index (χ4v) is 2.26. The standard InChI is InChI=1S/C18H13FN4O2/c1-25-14-8-2-11(3-9-14)16-15(10-20)17(24)23-18(22-16)21-13-6-4-12(19)5-7-13/h2-9H,1H3,(H2,21,22,23,24). The van der Waals surface area contributed by atoms with E-state index in [2.05, 4.69) is 15.3 Å². The van der Waals surface area contributed by atoms with Gasteiger partial charge in [-0.2, -0.15) is 5.26 Å². The summed E-state index contributed by atoms with van der Waals surface area (Å²) in [4.78, 5) is 19.0. The number of methoxy groups -OCH3 is 1. The Labute approximate surface area is 142 Å². The fraction of sp³-hybridized carbons (Fsp3) is 0.0556. The highest BCUT2D eigenvalue weighted by Crippen LogP contribution is 2.23. The highest BCUT2D eigenvalue weighted by Gasteiger charge is 2.13. The van der Waals surface area contributed by atoms with Gasteiger partial charge in [0.1, 0.15) is 23.2 Å². The average Bonchev–Trinajstić information content (AvgIpc) is 2.63. The number of nitrogens with zero attached hydrogens (tertiary/aromatic N) is 2. The number of anilines is 2. The van der Waals surface area contributed by atoms with Crippen molar-refractivity contribution in [1.82, 2.24) is 9.97 Å². The molecule has 2 aromatic carbocycles. The van der Waals surface area contributed by atoms with Gasteiger partial charge in [-0.15, -0.1) is 0 Å². The first-order chi connectivity index (χ1) is 12.1. The van der Waals surface area contributed by atoms with Gasteiger partial charge in [0.25, 0.3) is 5.56 Å². The molecule has 3 rings (SSSR count). The lowest BCUT2D eigenvalue weighted by molar-refractivity contribution is 0.415. The van der Waals surface area contributed by atoms with E-state index in [0.29, 0.717) is 17.0 Å². The molecular weight excluding hydrogens is 323 g/mol. The van der Waals surface area contributed by atoms with E-state index in [0.717, 1.165) is 0 Å². The van der Waals surface area contributed by atoms with E-state index in [1.807, 2.05) is 6.07 Å². The van der Waals surface area contributed by atoms with E-state index in [1.165, 1.54) is 24.3 Å². The summed E-state index contributed by atoms with van der Waals surface area (Å²) in [5.41, 5.74) is 0.752. The third-order valence-corrected chi connectivity index (χ3v) is 3.50. The number of hydrogen-bond acceptors (Lipinski definition) is 5. The van der Waals surface area contributed by atoms with Gasteiger partial charge in [0, 0.05) is 11.3 Å². The maximum absolute atomic E-state index is 13.0. The van der Waals surface area contributed by atoms with Gasteiger partial charge in [-0.1, -0.05) is 0 Å². The van der Waals surface area contributed by atoms with Crippen molar-refractivity contribution in [2.24, 2.45) is 0 Å². The van der Waals surface area contributed by atoms with Crippen LogP contribution < -0.4 is 15.6 Å². The molecule has 1 heterocycles. The molecule has 25 heavy (non-hydrogen) atoms. The van der Waals surface area contributed by atoms with Crippen LogP contribution >= 0.6 is 0 Å². The van der Waals surface area contributed by atoms with Crippen LogP contribution in [0.2, 0.25) is 0 Å². The molecule has 1 aromatic heterocycles. The van der Waals surface area contributed by atoms with Crippen molar-refractivity contribution in [3.05, 3.63) is 70.3 Å². The molecule has 0 aliphatic carbocycles. The number of benzene rings is 2. The monoisotopic (exact) mass is 336 g/mol. The van der Waals surface area contributed by atoms with Crippen molar-refractivity contribution >= 4 is 11.6 Å². The summed E-state index contributed by atoms with van der Waals surface area (Å²) in [7, 11) is 1.55. The summed E-state index contributed by atoms with van der Waals surface area (Å²) < 4.78 is 18.1. The lowest BCUT2D eigenvalue weighted by Crippen LogP contribution is -2.16. The Morgan fingerprint density at radius 1 is 1.16 bits per heavy atom. The van der Waals surface area contributed by atoms with Crippen molar-refractivity contribution in [3.63, 3.8) is 0 Å². The summed E-state index contributed by atoms with van der Waals surface area (Å²) in [6.45, 7) is 0. The molecule has 0 amide bonds. The normalized spacial score (nSPS) is 10.1. The fourth-order valence-electron chi connectivity index (χ4n) is 2.26. The number of nitriles is 1. The van der Waals surface area contributed by atoms with Gasteiger partial charge in [0.15, 0.2) is 0 Å². The van der Waals surface area contributed by atoms with E-state index in [9.17, 15) is 14.4 Å². The number of aromatic amines is 1. The van der Waals surface area contributed by atoms with Crippen LogP contribution in [0.3, 0.4) is 0 Å². The molecule has 0 radical (unpaired) electrons. The van der Waals surface area contributed by atoms with Gasteiger partial charge >= 0.3 is 0 Å². The second-order valence-electron chi connectivity index (χ2n) is 5.11. The molecule has 2 N–H and O–H groups in total. The van der Waals surface area contributed by atoms with Gasteiger partial charge < -0.3 is 10.1 Å². The minimum atomic E-state index is -0.562. The first kappa shape index (κ1) is 16.2. The number of H-pyrrole nitrogens is 1. The summed E-state index contributed by atoms with van der Waals surface area (Å²) >= 11 is 0. The van der Waals surface area contributed by atoms with Crippen molar-refractivity contribution < 1.29 is 9.13 Å². The number of hydrogen-bond donors (Lipinski definition) is 2. The number of nitrogens with one attached hydrogen (secondary N) is 2. The Balaban J connectivity index is 2.04. The van der Waals surface area contributed by atoms with Crippen molar-refractivity contribution in [2.45, 2.75) is 0 Å². The molecule has 0 aliphatic rings. The Bertz CT molecular complexity index is 990. The molecular formula is C18H13FN4O2. The maximum atomic E-state index is 13.0. The zero-order valence-electron chi connectivity index (χ0n) is 13.2. The van der Waals surface area contributed by atoms with Crippen LogP contribution in [0.4, 0.5) is 16.0 Å². The minimum absolute atomic E-state index is 0.0881. The SMILES string of the molecule is COc1ccc(-c2nc(Nc3ccc(F)cc3)[nH]c(=O)c2C#N)cc1. The van der Waals surface area contributed by atoms with Gasteiger partial charge in [-0.05, 0) is 48.5 Å². The number of ether oxygens (including phenoxy) is 1. The molecule has 3 aromatic rings. The molecule has 0 fully saturated rings. The molecule has 0 bridgehead atoms. The summed E-state index contributed by atoms with van der Waals surface area (Å²) in [6.07, 6.45) is 0. The quantitative estimate of drug-likeness (QED) is 0.763. The van der Waals surface area contributed by atoms with E-state index in [1.54, 1.807) is 31.4 Å². The molecule has 124 valence electrons. The predicted molar refractivity (Wildman–Crippen MR) is 91.2 cm³/mol. The molecule has 0 atom stereocenters. The average molecular weight is 336 g/mol. The van der Waals surface area contributed by atoms with E-state index >= 15 is 0 Å². The molecule has 0 saturated carbocycles. The van der Waals surface area contributed by atoms with Crippen LogP contribution in [0, 0.1) is 17.1 Å². The first-order valence-corrected chi connectivity index (χ1v) is 7.32. The van der Waals surface area contributed by atoms with Crippen LogP contribution in [0.1, 0.15) is 5.56 Å². The van der Waals surface area contributed by atoms with E-state index in [-0.39, 0.29) is 23.0 Å². The zero-order valence-corrected chi connectivity index (χ0v) is 13.2. The molecule has 0 aliphatic heterocycles. The minimum Gasteiger partial charge on any atom is -0.497 e. The number of halogens is 1. The molecule has 7 heteroatoms. The topological polar surface area (TPSA) is 90.8 Å². The van der Waals surface area contributed by atoms with Crippen LogP contribution in [0.5, 0.6) is 5.75 Å². The second kappa shape index (κ2) is 6.84. The Hall–Kier alpha value is -3.66. The van der Waals surface area contributed by atoms with Gasteiger partial charge in [-0.3, -0.25) is 9.78 Å². The van der Waals surface area contributed by atoms with Crippen LogP contribution in [-0.2, 0) is 0 Å². The largest absolute Gasteiger partial charge is 0.497 e. The molecule has 0 unspecified atom stereocenters. The highest BCUT2D eigenvalue weighted by atomic mass is 19.1. The number of aromatic nitrogens is 2. The van der Waals surface area contributed by atoms with Gasteiger partial charge in [0.2, 0.25) is 5.95 Å². The predicted octanol–water partition coefficient (Wildman–Crippen LogP) is 3.20. The van der Waals surface area contributed by atoms with Gasteiger partial charge in [0.05, 0.1) is 12.8 Å². The maximum Gasteiger partial charge on any atom is 0.270 e. The third kappa shape index (κ3) is 3.48. The lowest BCUT2D eigenvalue weighted by Gasteiger charge is -2.09. The first-order valence-electron chi connectivity index (χ1n) is 7.32. The summed E-state index contributed by atoms with van der Waals surface area (Å²) in [5, 5.41) is 12.2. The van der Waals surface area contributed by atoms with Crippen molar-refractivity contribution in [3.8, 4) is 23.1 Å². The van der Waals surface area contributed by atoms with Crippen LogP contribution in [0.25, 0.3) is 11.3 Å². The molecule has 0 spiro atoms. The van der Waals surface area contributed by atoms with Crippen LogP contribution in [-0.4, -0.2) is 17.1 Å². The zero-order chi connectivity index (χ0) is 17.8. The van der Waals surface area contributed by atoms with Gasteiger partial charge in [-0.25, -0.2) is 9.37 Å². The van der Waals surface area contributed by atoms with E-state index in [4.69, 9.17) is 4.74 Å². The third-order valence-electron chi connectivity index (χ3n) is 3.50. The van der Waals surface area contributed by atoms with Crippen molar-refractivity contribution in [2.75, 3.05) is 12.4 Å². The Morgan fingerprint density at radius 2 is 1.84 bits per heavy atom. The molecule has 6 nitrogen and oxygen atoms in total. The van der Waals surface area contributed by atoms with E-state index < -0.39 is 5.56 Å². The number of rotatable bonds is 4.